The predicted octanol–water partition coefficient (Wildman–Crippen LogP) is 0.749. The first kappa shape index (κ1) is 9.83. The van der Waals surface area contributed by atoms with Crippen molar-refractivity contribution in [3.05, 3.63) is 10.4 Å². The fourth-order valence-corrected chi connectivity index (χ4v) is 1.20. The van der Waals surface area contributed by atoms with Crippen molar-refractivity contribution in [3.63, 3.8) is 0 Å². The fourth-order valence-electron chi connectivity index (χ4n) is 1.20. The molecule has 0 saturated heterocycles. The first-order valence-corrected chi connectivity index (χ1v) is 4.22. The van der Waals surface area contributed by atoms with Crippen LogP contribution in [0.2, 0.25) is 0 Å². The first-order valence-electron chi connectivity index (χ1n) is 4.22. The Balaban J connectivity index is 2.22. The third-order valence-electron chi connectivity index (χ3n) is 2.00. The second-order valence-electron chi connectivity index (χ2n) is 3.06. The molecule has 72 valence electrons. The Morgan fingerprint density at radius 2 is 2.46 bits per heavy atom. The lowest BCUT2D eigenvalue weighted by Gasteiger charge is -2.11. The summed E-state index contributed by atoms with van der Waals surface area (Å²) in [5, 5.41) is 14.9. The van der Waals surface area contributed by atoms with Crippen molar-refractivity contribution >= 4 is 5.97 Å². The van der Waals surface area contributed by atoms with Gasteiger partial charge < -0.3 is 10.4 Å². The number of carboxylic acids is 1. The molecule has 1 saturated carbocycles. The van der Waals surface area contributed by atoms with E-state index in [2.05, 4.69) is 15.3 Å². The highest BCUT2D eigenvalue weighted by molar-refractivity contribution is 5.74. The monoisotopic (exact) mass is 184 g/mol. The summed E-state index contributed by atoms with van der Waals surface area (Å²) in [6, 6.07) is -0.464. The lowest BCUT2D eigenvalue weighted by atomic mass is 10.2. The lowest BCUT2D eigenvalue weighted by molar-refractivity contribution is -0.140. The third kappa shape index (κ3) is 3.31. The van der Waals surface area contributed by atoms with Gasteiger partial charge >= 0.3 is 5.97 Å². The number of hydrogen-bond donors (Lipinski definition) is 2. The Morgan fingerprint density at radius 3 is 2.92 bits per heavy atom. The van der Waals surface area contributed by atoms with Gasteiger partial charge in [0.05, 0.1) is 0 Å². The summed E-state index contributed by atoms with van der Waals surface area (Å²) >= 11 is 0. The van der Waals surface area contributed by atoms with Crippen molar-refractivity contribution in [2.24, 2.45) is 11.0 Å². The van der Waals surface area contributed by atoms with Crippen LogP contribution in [0.1, 0.15) is 12.8 Å². The van der Waals surface area contributed by atoms with E-state index in [1.807, 2.05) is 0 Å². The van der Waals surface area contributed by atoms with Gasteiger partial charge in [-0.15, -0.1) is 0 Å². The second kappa shape index (κ2) is 4.69. The number of aliphatic carboxylic acids is 1. The van der Waals surface area contributed by atoms with Crippen LogP contribution >= 0.6 is 0 Å². The summed E-state index contributed by atoms with van der Waals surface area (Å²) in [4.78, 5) is 13.3. The highest BCUT2D eigenvalue weighted by Gasteiger charge is 2.35. The highest BCUT2D eigenvalue weighted by atomic mass is 16.4. The molecular weight excluding hydrogens is 172 g/mol. The minimum Gasteiger partial charge on any atom is -0.480 e. The second-order valence-corrected chi connectivity index (χ2v) is 3.06. The van der Waals surface area contributed by atoms with Crippen LogP contribution < -0.4 is 5.32 Å². The standard InChI is InChI=1S/C7H12N4O2/c8-11-10-4-3-9-6(7(12)13)5-1-2-5/h5-6,9H,1-4H2,(H,12,13). The van der Waals surface area contributed by atoms with E-state index in [-0.39, 0.29) is 5.92 Å². The average Bonchev–Trinajstić information content (AvgIpc) is 2.87. The number of nitrogens with one attached hydrogen (secondary N) is 1. The summed E-state index contributed by atoms with van der Waals surface area (Å²) in [6.45, 7) is 0.727. The average molecular weight is 184 g/mol. The Hall–Kier alpha value is -1.26. The molecule has 6 heteroatoms. The molecule has 0 spiro atoms. The molecule has 1 unspecified atom stereocenters. The summed E-state index contributed by atoms with van der Waals surface area (Å²) < 4.78 is 0. The molecular formula is C7H12N4O2. The number of rotatable bonds is 6. The van der Waals surface area contributed by atoms with E-state index in [1.165, 1.54) is 0 Å². The Labute approximate surface area is 75.6 Å². The van der Waals surface area contributed by atoms with Crippen molar-refractivity contribution in [1.82, 2.24) is 5.32 Å². The molecule has 0 aromatic carbocycles. The van der Waals surface area contributed by atoms with Gasteiger partial charge in [0.2, 0.25) is 0 Å². The van der Waals surface area contributed by atoms with Gasteiger partial charge in [0, 0.05) is 18.0 Å². The fraction of sp³-hybridized carbons (Fsp3) is 0.857. The van der Waals surface area contributed by atoms with Gasteiger partial charge in [-0.1, -0.05) is 5.11 Å². The molecule has 0 aromatic heterocycles. The van der Waals surface area contributed by atoms with E-state index < -0.39 is 12.0 Å². The zero-order chi connectivity index (χ0) is 9.68. The normalized spacial score (nSPS) is 17.5. The van der Waals surface area contributed by atoms with Crippen LogP contribution in [0.25, 0.3) is 10.4 Å². The molecule has 1 rings (SSSR count). The predicted molar refractivity (Wildman–Crippen MR) is 46.2 cm³/mol. The molecule has 0 aromatic rings. The van der Waals surface area contributed by atoms with Crippen molar-refractivity contribution in [2.75, 3.05) is 13.1 Å². The number of azide groups is 1. The van der Waals surface area contributed by atoms with Crippen LogP contribution in [0.3, 0.4) is 0 Å². The van der Waals surface area contributed by atoms with Gasteiger partial charge in [0.15, 0.2) is 0 Å². The molecule has 1 aliphatic rings. The minimum atomic E-state index is -0.816. The molecule has 1 aliphatic carbocycles. The van der Waals surface area contributed by atoms with Crippen molar-refractivity contribution in [3.8, 4) is 0 Å². The molecule has 0 aliphatic heterocycles. The molecule has 1 fully saturated rings. The molecule has 1 atom stereocenters. The maximum absolute atomic E-state index is 10.7. The summed E-state index contributed by atoms with van der Waals surface area (Å²) in [7, 11) is 0. The van der Waals surface area contributed by atoms with Crippen LogP contribution in [-0.4, -0.2) is 30.2 Å². The maximum Gasteiger partial charge on any atom is 0.320 e. The van der Waals surface area contributed by atoms with E-state index in [0.717, 1.165) is 12.8 Å². The van der Waals surface area contributed by atoms with Crippen molar-refractivity contribution in [1.29, 1.82) is 0 Å². The Bertz CT molecular complexity index is 233. The van der Waals surface area contributed by atoms with Crippen LogP contribution in [0, 0.1) is 5.92 Å². The van der Waals surface area contributed by atoms with E-state index in [1.54, 1.807) is 0 Å². The summed E-state index contributed by atoms with van der Waals surface area (Å²) in [5.41, 5.74) is 7.98. The molecule has 2 N–H and O–H groups in total. The van der Waals surface area contributed by atoms with Crippen molar-refractivity contribution in [2.45, 2.75) is 18.9 Å². The largest absolute Gasteiger partial charge is 0.480 e. The number of nitrogens with zero attached hydrogens (tertiary/aromatic N) is 3. The molecule has 0 bridgehead atoms. The molecule has 0 radical (unpaired) electrons. The molecule has 0 amide bonds. The minimum absolute atomic E-state index is 0.267. The van der Waals surface area contributed by atoms with Crippen LogP contribution in [0.4, 0.5) is 0 Å². The first-order chi connectivity index (χ1) is 6.25. The smallest absolute Gasteiger partial charge is 0.320 e. The maximum atomic E-state index is 10.7. The van der Waals surface area contributed by atoms with E-state index in [0.29, 0.717) is 13.1 Å². The molecule has 13 heavy (non-hydrogen) atoms. The summed E-state index contributed by atoms with van der Waals surface area (Å²) in [5.74, 6) is -0.549. The van der Waals surface area contributed by atoms with Crippen molar-refractivity contribution < 1.29 is 9.90 Å². The molecule has 6 nitrogen and oxygen atoms in total. The van der Waals surface area contributed by atoms with E-state index in [9.17, 15) is 4.79 Å². The summed E-state index contributed by atoms with van der Waals surface area (Å²) in [6.07, 6.45) is 1.96. The van der Waals surface area contributed by atoms with Gasteiger partial charge in [0.25, 0.3) is 0 Å². The highest BCUT2D eigenvalue weighted by Crippen LogP contribution is 2.32. The Morgan fingerprint density at radius 1 is 1.77 bits per heavy atom. The lowest BCUT2D eigenvalue weighted by Crippen LogP contribution is -2.39. The number of hydrogen-bond acceptors (Lipinski definition) is 3. The number of carboxylic acid groups (broad SMARTS) is 1. The third-order valence-corrected chi connectivity index (χ3v) is 2.00. The Kier molecular flexibility index (Phi) is 3.54. The van der Waals surface area contributed by atoms with Gasteiger partial charge in [-0.25, -0.2) is 0 Å². The topological polar surface area (TPSA) is 98.1 Å². The zero-order valence-corrected chi connectivity index (χ0v) is 7.18. The van der Waals surface area contributed by atoms with E-state index in [4.69, 9.17) is 10.6 Å². The van der Waals surface area contributed by atoms with Gasteiger partial charge in [-0.3, -0.25) is 4.79 Å². The van der Waals surface area contributed by atoms with Gasteiger partial charge in [-0.2, -0.15) is 0 Å². The quantitative estimate of drug-likeness (QED) is 0.276. The van der Waals surface area contributed by atoms with Crippen LogP contribution in [-0.2, 0) is 4.79 Å². The molecule has 0 heterocycles. The van der Waals surface area contributed by atoms with Gasteiger partial charge in [0.1, 0.15) is 6.04 Å². The van der Waals surface area contributed by atoms with Crippen LogP contribution in [0.15, 0.2) is 5.11 Å². The number of carbonyl (C=O) groups is 1. The van der Waals surface area contributed by atoms with Crippen LogP contribution in [0.5, 0.6) is 0 Å². The SMILES string of the molecule is [N-]=[N+]=NCCNC(C(=O)O)C1CC1. The van der Waals surface area contributed by atoms with E-state index >= 15 is 0 Å². The van der Waals surface area contributed by atoms with Gasteiger partial charge in [-0.05, 0) is 24.3 Å². The zero-order valence-electron chi connectivity index (χ0n) is 7.18.